The quantitative estimate of drug-likeness (QED) is 0.665. The van der Waals surface area contributed by atoms with Crippen LogP contribution in [-0.2, 0) is 0 Å². The Morgan fingerprint density at radius 3 is 2.59 bits per heavy atom. The summed E-state index contributed by atoms with van der Waals surface area (Å²) in [5.41, 5.74) is 2.20. The molecule has 0 amide bonds. The lowest BCUT2D eigenvalue weighted by molar-refractivity contribution is 0.582. The Balaban J connectivity index is 2.08. The van der Waals surface area contributed by atoms with Gasteiger partial charge in [-0.2, -0.15) is 0 Å². The standard InChI is InChI=1S/C14H11NOS/c1-10-13(11-6-3-2-4-7-11)15-14(17-10)12-8-5-9-16-12/h2-9H,1H3. The van der Waals surface area contributed by atoms with Crippen LogP contribution in [0.25, 0.3) is 22.0 Å². The van der Waals surface area contributed by atoms with Gasteiger partial charge in [0.15, 0.2) is 10.8 Å². The molecule has 3 rings (SSSR count). The molecule has 0 bridgehead atoms. The molecule has 1 aromatic carbocycles. The number of benzene rings is 1. The van der Waals surface area contributed by atoms with Gasteiger partial charge >= 0.3 is 0 Å². The third-order valence-corrected chi connectivity index (χ3v) is 3.56. The van der Waals surface area contributed by atoms with Crippen molar-refractivity contribution < 1.29 is 4.42 Å². The molecule has 0 aliphatic rings. The van der Waals surface area contributed by atoms with Crippen molar-refractivity contribution in [2.45, 2.75) is 6.92 Å². The van der Waals surface area contributed by atoms with Crippen molar-refractivity contribution >= 4 is 11.3 Å². The van der Waals surface area contributed by atoms with Crippen molar-refractivity contribution in [3.8, 4) is 22.0 Å². The minimum Gasteiger partial charge on any atom is -0.462 e. The van der Waals surface area contributed by atoms with Crippen LogP contribution < -0.4 is 0 Å². The van der Waals surface area contributed by atoms with Gasteiger partial charge in [0.25, 0.3) is 0 Å². The molecule has 0 N–H and O–H groups in total. The van der Waals surface area contributed by atoms with Crippen molar-refractivity contribution in [3.05, 3.63) is 53.6 Å². The predicted octanol–water partition coefficient (Wildman–Crippen LogP) is 4.38. The molecule has 2 nitrogen and oxygen atoms in total. The Morgan fingerprint density at radius 1 is 1.06 bits per heavy atom. The van der Waals surface area contributed by atoms with E-state index >= 15 is 0 Å². The van der Waals surface area contributed by atoms with Gasteiger partial charge in [-0.25, -0.2) is 4.98 Å². The van der Waals surface area contributed by atoms with Crippen LogP contribution in [0.1, 0.15) is 4.88 Å². The molecule has 0 saturated carbocycles. The van der Waals surface area contributed by atoms with Gasteiger partial charge in [-0.15, -0.1) is 11.3 Å². The van der Waals surface area contributed by atoms with Gasteiger partial charge in [-0.3, -0.25) is 0 Å². The smallest absolute Gasteiger partial charge is 0.162 e. The topological polar surface area (TPSA) is 26.0 Å². The summed E-state index contributed by atoms with van der Waals surface area (Å²) in [5, 5.41) is 0.936. The zero-order valence-corrected chi connectivity index (χ0v) is 10.2. The van der Waals surface area contributed by atoms with E-state index in [9.17, 15) is 0 Å². The summed E-state index contributed by atoms with van der Waals surface area (Å²) >= 11 is 1.66. The summed E-state index contributed by atoms with van der Waals surface area (Å²) in [4.78, 5) is 5.86. The summed E-state index contributed by atoms with van der Waals surface area (Å²) < 4.78 is 5.37. The van der Waals surface area contributed by atoms with E-state index in [2.05, 4.69) is 24.0 Å². The Bertz CT molecular complexity index is 611. The second kappa shape index (κ2) is 4.18. The van der Waals surface area contributed by atoms with E-state index in [4.69, 9.17) is 4.42 Å². The normalized spacial score (nSPS) is 10.6. The Hall–Kier alpha value is -1.87. The minimum absolute atomic E-state index is 0.834. The second-order valence-corrected chi connectivity index (χ2v) is 4.97. The van der Waals surface area contributed by atoms with Crippen LogP contribution in [0.5, 0.6) is 0 Å². The fraction of sp³-hybridized carbons (Fsp3) is 0.0714. The summed E-state index contributed by atoms with van der Waals surface area (Å²) in [6.07, 6.45) is 1.67. The van der Waals surface area contributed by atoms with Crippen LogP contribution in [0.3, 0.4) is 0 Å². The number of aryl methyl sites for hydroxylation is 1. The number of rotatable bonds is 2. The van der Waals surface area contributed by atoms with E-state index in [1.165, 1.54) is 4.88 Å². The molecule has 0 unspecified atom stereocenters. The second-order valence-electron chi connectivity index (χ2n) is 3.77. The average molecular weight is 241 g/mol. The molecule has 0 spiro atoms. The molecule has 0 saturated heterocycles. The van der Waals surface area contributed by atoms with Crippen LogP contribution >= 0.6 is 11.3 Å². The first-order valence-corrected chi connectivity index (χ1v) is 6.23. The van der Waals surface area contributed by atoms with Crippen molar-refractivity contribution in [3.63, 3.8) is 0 Å². The van der Waals surface area contributed by atoms with Crippen molar-refractivity contribution in [1.29, 1.82) is 0 Å². The van der Waals surface area contributed by atoms with Gasteiger partial charge in [0.05, 0.1) is 12.0 Å². The van der Waals surface area contributed by atoms with E-state index in [-0.39, 0.29) is 0 Å². The highest BCUT2D eigenvalue weighted by atomic mass is 32.1. The van der Waals surface area contributed by atoms with Gasteiger partial charge in [0, 0.05) is 10.4 Å². The predicted molar refractivity (Wildman–Crippen MR) is 70.0 cm³/mol. The molecule has 0 aliphatic heterocycles. The van der Waals surface area contributed by atoms with E-state index in [1.807, 2.05) is 30.3 Å². The highest BCUT2D eigenvalue weighted by molar-refractivity contribution is 7.15. The molecule has 2 heterocycles. The van der Waals surface area contributed by atoms with Gasteiger partial charge in [-0.05, 0) is 19.1 Å². The zero-order chi connectivity index (χ0) is 11.7. The molecule has 17 heavy (non-hydrogen) atoms. The third-order valence-electron chi connectivity index (χ3n) is 2.58. The maximum Gasteiger partial charge on any atom is 0.162 e. The SMILES string of the molecule is Cc1sc(-c2ccco2)nc1-c1ccccc1. The van der Waals surface area contributed by atoms with Gasteiger partial charge in [-0.1, -0.05) is 30.3 Å². The number of thiazole rings is 1. The lowest BCUT2D eigenvalue weighted by Gasteiger charge is -1.96. The highest BCUT2D eigenvalue weighted by Gasteiger charge is 2.12. The Kier molecular flexibility index (Phi) is 2.53. The van der Waals surface area contributed by atoms with E-state index in [1.54, 1.807) is 17.6 Å². The van der Waals surface area contributed by atoms with Crippen molar-refractivity contribution in [2.24, 2.45) is 0 Å². The van der Waals surface area contributed by atoms with Crippen LogP contribution in [0.4, 0.5) is 0 Å². The number of hydrogen-bond donors (Lipinski definition) is 0. The monoisotopic (exact) mass is 241 g/mol. The first-order chi connectivity index (χ1) is 8.34. The summed E-state index contributed by atoms with van der Waals surface area (Å²) in [6.45, 7) is 2.09. The maximum absolute atomic E-state index is 5.37. The largest absolute Gasteiger partial charge is 0.462 e. The first kappa shape index (κ1) is 10.3. The van der Waals surface area contributed by atoms with Crippen LogP contribution in [-0.4, -0.2) is 4.98 Å². The van der Waals surface area contributed by atoms with Gasteiger partial charge in [0.1, 0.15) is 0 Å². The molecular weight excluding hydrogens is 230 g/mol. The van der Waals surface area contributed by atoms with E-state index in [0.29, 0.717) is 0 Å². The Labute approximate surface area is 104 Å². The lowest BCUT2D eigenvalue weighted by atomic mass is 10.1. The Morgan fingerprint density at radius 2 is 1.88 bits per heavy atom. The third kappa shape index (κ3) is 1.89. The fourth-order valence-electron chi connectivity index (χ4n) is 1.77. The van der Waals surface area contributed by atoms with Crippen LogP contribution in [0.2, 0.25) is 0 Å². The molecule has 0 aliphatic carbocycles. The van der Waals surface area contributed by atoms with E-state index < -0.39 is 0 Å². The average Bonchev–Trinajstić information content (AvgIpc) is 2.99. The van der Waals surface area contributed by atoms with Crippen LogP contribution in [0, 0.1) is 6.92 Å². The molecule has 3 heteroatoms. The van der Waals surface area contributed by atoms with Gasteiger partial charge in [0.2, 0.25) is 0 Å². The molecule has 0 atom stereocenters. The summed E-state index contributed by atoms with van der Waals surface area (Å²) in [5.74, 6) is 0.834. The number of hydrogen-bond acceptors (Lipinski definition) is 3. The molecule has 2 aromatic heterocycles. The van der Waals surface area contributed by atoms with Crippen molar-refractivity contribution in [2.75, 3.05) is 0 Å². The molecule has 0 radical (unpaired) electrons. The lowest BCUT2D eigenvalue weighted by Crippen LogP contribution is -1.79. The highest BCUT2D eigenvalue weighted by Crippen LogP contribution is 2.33. The fourth-order valence-corrected chi connectivity index (χ4v) is 2.67. The first-order valence-electron chi connectivity index (χ1n) is 5.41. The van der Waals surface area contributed by atoms with Gasteiger partial charge < -0.3 is 4.42 Å². The molecule has 3 aromatic rings. The zero-order valence-electron chi connectivity index (χ0n) is 9.38. The number of aromatic nitrogens is 1. The molecular formula is C14H11NOS. The molecule has 0 fully saturated rings. The number of nitrogens with zero attached hydrogens (tertiary/aromatic N) is 1. The molecule has 84 valence electrons. The maximum atomic E-state index is 5.37. The minimum atomic E-state index is 0.834. The van der Waals surface area contributed by atoms with Crippen LogP contribution in [0.15, 0.2) is 53.1 Å². The number of furan rings is 1. The van der Waals surface area contributed by atoms with Crippen molar-refractivity contribution in [1.82, 2.24) is 4.98 Å². The summed E-state index contributed by atoms with van der Waals surface area (Å²) in [7, 11) is 0. The summed E-state index contributed by atoms with van der Waals surface area (Å²) in [6, 6.07) is 14.0. The van der Waals surface area contributed by atoms with E-state index in [0.717, 1.165) is 22.0 Å².